The van der Waals surface area contributed by atoms with Crippen LogP contribution in [0.1, 0.15) is 36.9 Å². The van der Waals surface area contributed by atoms with E-state index in [9.17, 15) is 14.9 Å². The fourth-order valence-electron chi connectivity index (χ4n) is 2.73. The summed E-state index contributed by atoms with van der Waals surface area (Å²) in [5.74, 6) is 0.926. The molecule has 2 unspecified atom stereocenters. The predicted octanol–water partition coefficient (Wildman–Crippen LogP) is 3.34. The quantitative estimate of drug-likeness (QED) is 0.484. The highest BCUT2D eigenvalue weighted by Crippen LogP contribution is 2.40. The summed E-state index contributed by atoms with van der Waals surface area (Å²) in [5.41, 5.74) is 0.0662. The minimum absolute atomic E-state index is 0.0662. The van der Waals surface area contributed by atoms with Crippen molar-refractivity contribution in [1.29, 1.82) is 0 Å². The maximum atomic E-state index is 11.4. The lowest BCUT2D eigenvalue weighted by Gasteiger charge is -2.35. The lowest BCUT2D eigenvalue weighted by atomic mass is 9.92. The molecule has 2 rings (SSSR count). The van der Waals surface area contributed by atoms with E-state index in [4.69, 9.17) is 0 Å². The summed E-state index contributed by atoms with van der Waals surface area (Å²) >= 11 is 1.24. The minimum atomic E-state index is -0.387. The molecule has 0 aliphatic carbocycles. The van der Waals surface area contributed by atoms with Gasteiger partial charge in [-0.25, -0.2) is 0 Å². The second kappa shape index (κ2) is 5.28. The van der Waals surface area contributed by atoms with Crippen molar-refractivity contribution in [3.8, 4) is 0 Å². The van der Waals surface area contributed by atoms with Gasteiger partial charge in [0.1, 0.15) is 0 Å². The standard InChI is InChI=1S/C13H18N2O3S/c1-8-4-9(2)7-14(6-8)13-11(15(17)18)5-12(19-13)10(3)16/h5,8-9H,4,6-7H2,1-3H3. The molecule has 104 valence electrons. The van der Waals surface area contributed by atoms with Crippen LogP contribution in [0.2, 0.25) is 0 Å². The Morgan fingerprint density at radius 2 is 2.00 bits per heavy atom. The van der Waals surface area contributed by atoms with Gasteiger partial charge in [0.2, 0.25) is 0 Å². The van der Waals surface area contributed by atoms with Gasteiger partial charge in [-0.15, -0.1) is 11.3 Å². The van der Waals surface area contributed by atoms with Crippen LogP contribution >= 0.6 is 11.3 Å². The molecule has 0 aromatic carbocycles. The normalized spacial score (nSPS) is 23.4. The molecule has 0 amide bonds. The Labute approximate surface area is 116 Å². The molecule has 5 nitrogen and oxygen atoms in total. The number of anilines is 1. The number of hydrogen-bond acceptors (Lipinski definition) is 5. The second-order valence-corrected chi connectivity index (χ2v) is 6.50. The molecule has 0 N–H and O–H groups in total. The van der Waals surface area contributed by atoms with E-state index >= 15 is 0 Å². The van der Waals surface area contributed by atoms with E-state index in [1.54, 1.807) is 0 Å². The SMILES string of the molecule is CC(=O)c1cc([N+](=O)[O-])c(N2CC(C)CC(C)C2)s1. The number of rotatable bonds is 3. The first-order valence-corrected chi connectivity index (χ1v) is 7.24. The maximum Gasteiger partial charge on any atom is 0.304 e. The van der Waals surface area contributed by atoms with Gasteiger partial charge >= 0.3 is 5.69 Å². The van der Waals surface area contributed by atoms with Crippen LogP contribution in [-0.4, -0.2) is 23.8 Å². The summed E-state index contributed by atoms with van der Waals surface area (Å²) in [6, 6.07) is 1.41. The zero-order valence-corrected chi connectivity index (χ0v) is 12.2. The van der Waals surface area contributed by atoms with Crippen LogP contribution in [0.5, 0.6) is 0 Å². The minimum Gasteiger partial charge on any atom is -0.357 e. The summed E-state index contributed by atoms with van der Waals surface area (Å²) < 4.78 is 0. The zero-order chi connectivity index (χ0) is 14.2. The first-order chi connectivity index (χ1) is 8.88. The second-order valence-electron chi connectivity index (χ2n) is 5.47. The van der Waals surface area contributed by atoms with Gasteiger partial charge in [-0.3, -0.25) is 14.9 Å². The molecule has 1 saturated heterocycles. The van der Waals surface area contributed by atoms with Gasteiger partial charge in [-0.1, -0.05) is 13.8 Å². The van der Waals surface area contributed by atoms with Gasteiger partial charge in [0.25, 0.3) is 0 Å². The van der Waals surface area contributed by atoms with Gasteiger partial charge in [0.05, 0.1) is 9.80 Å². The Hall–Kier alpha value is -1.43. The summed E-state index contributed by atoms with van der Waals surface area (Å²) in [4.78, 5) is 24.7. The zero-order valence-electron chi connectivity index (χ0n) is 11.4. The Morgan fingerprint density at radius 1 is 1.42 bits per heavy atom. The van der Waals surface area contributed by atoms with E-state index in [2.05, 4.69) is 18.7 Å². The molecule has 0 bridgehead atoms. The van der Waals surface area contributed by atoms with E-state index in [0.29, 0.717) is 21.7 Å². The van der Waals surface area contributed by atoms with Crippen LogP contribution in [0.3, 0.4) is 0 Å². The van der Waals surface area contributed by atoms with Crippen molar-refractivity contribution in [1.82, 2.24) is 0 Å². The average Bonchev–Trinajstić information content (AvgIpc) is 2.72. The Kier molecular flexibility index (Phi) is 3.89. The number of thiophene rings is 1. The number of nitrogens with zero attached hydrogens (tertiary/aromatic N) is 2. The van der Waals surface area contributed by atoms with Gasteiger partial charge in [0, 0.05) is 19.2 Å². The monoisotopic (exact) mass is 282 g/mol. The van der Waals surface area contributed by atoms with E-state index in [1.807, 2.05) is 0 Å². The van der Waals surface area contributed by atoms with Crippen molar-refractivity contribution >= 4 is 27.8 Å². The summed E-state index contributed by atoms with van der Waals surface area (Å²) in [6.07, 6.45) is 1.15. The van der Waals surface area contributed by atoms with Crippen LogP contribution in [0.15, 0.2) is 6.07 Å². The molecule has 6 heteroatoms. The molecule has 1 fully saturated rings. The van der Waals surface area contributed by atoms with E-state index in [1.165, 1.54) is 24.3 Å². The van der Waals surface area contributed by atoms with Crippen LogP contribution in [0, 0.1) is 22.0 Å². The molecular weight excluding hydrogens is 264 g/mol. The first kappa shape index (κ1) is 14.0. The van der Waals surface area contributed by atoms with Gasteiger partial charge in [0.15, 0.2) is 10.8 Å². The summed E-state index contributed by atoms with van der Waals surface area (Å²) in [5, 5.41) is 11.8. The maximum absolute atomic E-state index is 11.4. The molecule has 1 aromatic rings. The van der Waals surface area contributed by atoms with Gasteiger partial charge in [-0.2, -0.15) is 0 Å². The van der Waals surface area contributed by atoms with Crippen molar-refractivity contribution in [3.63, 3.8) is 0 Å². The van der Waals surface area contributed by atoms with E-state index in [0.717, 1.165) is 19.5 Å². The molecule has 2 heterocycles. The molecule has 19 heavy (non-hydrogen) atoms. The molecule has 0 spiro atoms. The molecule has 1 aliphatic rings. The van der Waals surface area contributed by atoms with Crippen LogP contribution in [0.25, 0.3) is 0 Å². The lowest BCUT2D eigenvalue weighted by molar-refractivity contribution is -0.383. The Balaban J connectivity index is 2.37. The molecule has 1 aliphatic heterocycles. The third-order valence-electron chi connectivity index (χ3n) is 3.39. The highest BCUT2D eigenvalue weighted by atomic mass is 32.1. The number of carbonyl (C=O) groups is 1. The van der Waals surface area contributed by atoms with Crippen molar-refractivity contribution in [2.24, 2.45) is 11.8 Å². The van der Waals surface area contributed by atoms with E-state index < -0.39 is 0 Å². The topological polar surface area (TPSA) is 63.4 Å². The predicted molar refractivity (Wildman–Crippen MR) is 76.1 cm³/mol. The molecule has 0 radical (unpaired) electrons. The molecule has 2 atom stereocenters. The number of hydrogen-bond donors (Lipinski definition) is 0. The largest absolute Gasteiger partial charge is 0.357 e. The van der Waals surface area contributed by atoms with Crippen molar-refractivity contribution in [3.05, 3.63) is 21.1 Å². The summed E-state index contributed by atoms with van der Waals surface area (Å²) in [6.45, 7) is 7.41. The van der Waals surface area contributed by atoms with Crippen LogP contribution in [-0.2, 0) is 0 Å². The van der Waals surface area contributed by atoms with Crippen LogP contribution in [0.4, 0.5) is 10.7 Å². The van der Waals surface area contributed by atoms with Gasteiger partial charge < -0.3 is 4.90 Å². The first-order valence-electron chi connectivity index (χ1n) is 6.42. The lowest BCUT2D eigenvalue weighted by Crippen LogP contribution is -2.38. The van der Waals surface area contributed by atoms with E-state index in [-0.39, 0.29) is 16.4 Å². The molecule has 1 aromatic heterocycles. The summed E-state index contributed by atoms with van der Waals surface area (Å²) in [7, 11) is 0. The number of ketones is 1. The highest BCUT2D eigenvalue weighted by Gasteiger charge is 2.30. The number of Topliss-reactive ketones (excluding diaryl/α,β-unsaturated/α-hetero) is 1. The van der Waals surface area contributed by atoms with Crippen molar-refractivity contribution in [2.45, 2.75) is 27.2 Å². The Morgan fingerprint density at radius 3 is 2.47 bits per heavy atom. The highest BCUT2D eigenvalue weighted by molar-refractivity contribution is 7.18. The van der Waals surface area contributed by atoms with Gasteiger partial charge in [-0.05, 0) is 25.2 Å². The number of carbonyl (C=O) groups excluding carboxylic acids is 1. The molecular formula is C13H18N2O3S. The van der Waals surface area contributed by atoms with Crippen LogP contribution < -0.4 is 4.90 Å². The third kappa shape index (κ3) is 2.94. The Bertz CT molecular complexity index is 502. The number of nitro groups is 1. The smallest absolute Gasteiger partial charge is 0.304 e. The fourth-order valence-corrected chi connectivity index (χ4v) is 3.77. The molecule has 0 saturated carbocycles. The third-order valence-corrected chi connectivity index (χ3v) is 4.68. The fraction of sp³-hybridized carbons (Fsp3) is 0.615. The average molecular weight is 282 g/mol. The van der Waals surface area contributed by atoms with Crippen molar-refractivity contribution < 1.29 is 9.72 Å². The number of piperidine rings is 1. The van der Waals surface area contributed by atoms with Crippen molar-refractivity contribution in [2.75, 3.05) is 18.0 Å².